The first-order chi connectivity index (χ1) is 10.2. The monoisotopic (exact) mass is 321 g/mol. The Kier molecular flexibility index (Phi) is 5.41. The van der Waals surface area contributed by atoms with Crippen molar-refractivity contribution in [1.29, 1.82) is 0 Å². The van der Waals surface area contributed by atoms with Gasteiger partial charge in [-0.1, -0.05) is 39.0 Å². The molecule has 22 heavy (non-hydrogen) atoms. The highest BCUT2D eigenvalue weighted by Gasteiger charge is 2.54. The Morgan fingerprint density at radius 1 is 1.23 bits per heavy atom. The molecule has 6 heteroatoms. The van der Waals surface area contributed by atoms with Crippen molar-refractivity contribution in [1.82, 2.24) is 4.90 Å². The molecule has 128 valence electrons. The normalized spacial score (nSPS) is 25.0. The van der Waals surface area contributed by atoms with Crippen LogP contribution in [0.5, 0.6) is 0 Å². The first kappa shape index (κ1) is 17.6. The van der Waals surface area contributed by atoms with E-state index in [0.29, 0.717) is 12.3 Å². The largest absolute Gasteiger partial charge is 0.417 e. The molecule has 0 aromatic carbocycles. The van der Waals surface area contributed by atoms with Gasteiger partial charge in [-0.3, -0.25) is 4.79 Å². The highest BCUT2D eigenvalue weighted by Crippen LogP contribution is 2.39. The molecule has 1 unspecified atom stereocenters. The average molecular weight is 321 g/mol. The number of hydrogen-bond acceptors (Lipinski definition) is 2. The molecule has 1 amide bonds. The van der Waals surface area contributed by atoms with E-state index in [1.165, 1.54) is 24.2 Å². The summed E-state index contributed by atoms with van der Waals surface area (Å²) < 4.78 is 38.3. The topological polar surface area (TPSA) is 40.5 Å². The van der Waals surface area contributed by atoms with Gasteiger partial charge in [0.2, 0.25) is 5.91 Å². The van der Waals surface area contributed by atoms with Crippen molar-refractivity contribution in [2.75, 3.05) is 13.1 Å². The molecule has 1 saturated heterocycles. The van der Waals surface area contributed by atoms with Crippen LogP contribution in [0.25, 0.3) is 0 Å². The van der Waals surface area contributed by atoms with E-state index in [4.69, 9.17) is 0 Å². The number of carbonyl (C=O) groups is 1. The molecule has 2 rings (SSSR count). The molecule has 1 saturated carbocycles. The molecule has 1 N–H and O–H groups in total. The number of piperidine rings is 1. The lowest BCUT2D eigenvalue weighted by molar-refractivity contribution is -0.272. The average Bonchev–Trinajstić information content (AvgIpc) is 2.47. The van der Waals surface area contributed by atoms with Crippen molar-refractivity contribution >= 4 is 5.91 Å². The Bertz CT molecular complexity index is 383. The number of carbonyl (C=O) groups excluding carboxylic acids is 1. The summed E-state index contributed by atoms with van der Waals surface area (Å²) in [6.07, 6.45) is 0.966. The van der Waals surface area contributed by atoms with E-state index in [0.717, 1.165) is 12.8 Å². The zero-order valence-electron chi connectivity index (χ0n) is 13.2. The highest BCUT2D eigenvalue weighted by atomic mass is 19.4. The van der Waals surface area contributed by atoms with E-state index in [1.807, 2.05) is 0 Å². The second-order valence-electron chi connectivity index (χ2n) is 6.99. The number of aliphatic hydroxyl groups is 1. The molecule has 1 heterocycles. The third-order valence-corrected chi connectivity index (χ3v) is 5.42. The number of amides is 1. The van der Waals surface area contributed by atoms with E-state index < -0.39 is 24.6 Å². The van der Waals surface area contributed by atoms with Gasteiger partial charge in [-0.15, -0.1) is 0 Å². The SMILES string of the molecule is CC(CC(=O)N1CCC(O)(C(F)(F)F)CC1)C1CCCCC1. The van der Waals surface area contributed by atoms with E-state index >= 15 is 0 Å². The quantitative estimate of drug-likeness (QED) is 0.864. The van der Waals surface area contributed by atoms with Crippen LogP contribution in [-0.2, 0) is 4.79 Å². The molecule has 0 radical (unpaired) electrons. The fourth-order valence-electron chi connectivity index (χ4n) is 3.68. The number of alkyl halides is 3. The molecule has 1 atom stereocenters. The first-order valence-corrected chi connectivity index (χ1v) is 8.30. The maximum Gasteiger partial charge on any atom is 0.417 e. The summed E-state index contributed by atoms with van der Waals surface area (Å²) >= 11 is 0. The summed E-state index contributed by atoms with van der Waals surface area (Å²) in [6.45, 7) is 2.06. The van der Waals surface area contributed by atoms with Gasteiger partial charge in [-0.2, -0.15) is 13.2 Å². The van der Waals surface area contributed by atoms with Crippen LogP contribution in [0.3, 0.4) is 0 Å². The maximum absolute atomic E-state index is 12.8. The lowest BCUT2D eigenvalue weighted by atomic mass is 9.79. The van der Waals surface area contributed by atoms with Crippen LogP contribution in [-0.4, -0.2) is 40.8 Å². The third kappa shape index (κ3) is 3.94. The van der Waals surface area contributed by atoms with Crippen molar-refractivity contribution in [2.45, 2.75) is 70.1 Å². The smallest absolute Gasteiger partial charge is 0.380 e. The van der Waals surface area contributed by atoms with Gasteiger partial charge in [0.1, 0.15) is 0 Å². The zero-order chi connectivity index (χ0) is 16.4. The minimum Gasteiger partial charge on any atom is -0.380 e. The Morgan fingerprint density at radius 3 is 2.27 bits per heavy atom. The first-order valence-electron chi connectivity index (χ1n) is 8.30. The Labute approximate surface area is 129 Å². The summed E-state index contributed by atoms with van der Waals surface area (Å²) in [6, 6.07) is 0. The third-order valence-electron chi connectivity index (χ3n) is 5.42. The van der Waals surface area contributed by atoms with E-state index in [2.05, 4.69) is 6.92 Å². The second kappa shape index (κ2) is 6.77. The van der Waals surface area contributed by atoms with Crippen LogP contribution in [0, 0.1) is 11.8 Å². The molecular weight excluding hydrogens is 295 g/mol. The van der Waals surface area contributed by atoms with Gasteiger partial charge in [0.05, 0.1) is 0 Å². The minimum atomic E-state index is -4.61. The Hall–Kier alpha value is -0.780. The van der Waals surface area contributed by atoms with E-state index in [9.17, 15) is 23.1 Å². The van der Waals surface area contributed by atoms with Gasteiger partial charge >= 0.3 is 6.18 Å². The van der Waals surface area contributed by atoms with E-state index in [-0.39, 0.29) is 24.9 Å². The number of nitrogens with zero attached hydrogens (tertiary/aromatic N) is 1. The summed E-state index contributed by atoms with van der Waals surface area (Å²) in [5, 5.41) is 9.63. The van der Waals surface area contributed by atoms with Crippen molar-refractivity contribution < 1.29 is 23.1 Å². The molecule has 0 spiro atoms. The number of halogens is 3. The van der Waals surface area contributed by atoms with Crippen LogP contribution < -0.4 is 0 Å². The van der Waals surface area contributed by atoms with Crippen LogP contribution in [0.15, 0.2) is 0 Å². The molecule has 2 aliphatic rings. The molecule has 0 aromatic heterocycles. The van der Waals surface area contributed by atoms with Crippen LogP contribution >= 0.6 is 0 Å². The fraction of sp³-hybridized carbons (Fsp3) is 0.938. The van der Waals surface area contributed by atoms with Crippen molar-refractivity contribution in [3.8, 4) is 0 Å². The predicted molar refractivity (Wildman–Crippen MR) is 77.2 cm³/mol. The van der Waals surface area contributed by atoms with Gasteiger partial charge < -0.3 is 10.0 Å². The fourth-order valence-corrected chi connectivity index (χ4v) is 3.68. The van der Waals surface area contributed by atoms with Gasteiger partial charge in [0.25, 0.3) is 0 Å². The maximum atomic E-state index is 12.8. The molecule has 0 aromatic rings. The van der Waals surface area contributed by atoms with E-state index in [1.54, 1.807) is 0 Å². The number of rotatable bonds is 3. The Morgan fingerprint density at radius 2 is 1.77 bits per heavy atom. The van der Waals surface area contributed by atoms with Gasteiger partial charge in [0.15, 0.2) is 5.60 Å². The zero-order valence-corrected chi connectivity index (χ0v) is 13.2. The van der Waals surface area contributed by atoms with Gasteiger partial charge in [-0.25, -0.2) is 0 Å². The van der Waals surface area contributed by atoms with Crippen molar-refractivity contribution in [3.05, 3.63) is 0 Å². The summed E-state index contributed by atoms with van der Waals surface area (Å²) in [5.41, 5.74) is -2.63. The van der Waals surface area contributed by atoms with Crippen molar-refractivity contribution in [2.24, 2.45) is 11.8 Å². The molecule has 2 fully saturated rings. The number of likely N-dealkylation sites (tertiary alicyclic amines) is 1. The van der Waals surface area contributed by atoms with Gasteiger partial charge in [0, 0.05) is 32.4 Å². The summed E-state index contributed by atoms with van der Waals surface area (Å²) in [5.74, 6) is 0.785. The summed E-state index contributed by atoms with van der Waals surface area (Å²) in [7, 11) is 0. The second-order valence-corrected chi connectivity index (χ2v) is 6.99. The molecule has 1 aliphatic carbocycles. The lowest BCUT2D eigenvalue weighted by Gasteiger charge is -2.39. The molecule has 1 aliphatic heterocycles. The van der Waals surface area contributed by atoms with Crippen LogP contribution in [0.4, 0.5) is 13.2 Å². The highest BCUT2D eigenvalue weighted by molar-refractivity contribution is 5.76. The predicted octanol–water partition coefficient (Wildman–Crippen LogP) is 3.51. The molecule has 3 nitrogen and oxygen atoms in total. The summed E-state index contributed by atoms with van der Waals surface area (Å²) in [4.78, 5) is 13.8. The molecule has 0 bridgehead atoms. The number of hydrogen-bond donors (Lipinski definition) is 1. The lowest BCUT2D eigenvalue weighted by Crippen LogP contribution is -2.54. The minimum absolute atomic E-state index is 0.00771. The standard InChI is InChI=1S/C16H26F3NO2/c1-12(13-5-3-2-4-6-13)11-14(21)20-9-7-15(22,8-10-20)16(17,18)19/h12-13,22H,2-11H2,1H3. The van der Waals surface area contributed by atoms with Crippen LogP contribution in [0.1, 0.15) is 58.3 Å². The van der Waals surface area contributed by atoms with Gasteiger partial charge in [-0.05, 0) is 11.8 Å². The Balaban J connectivity index is 1.82. The van der Waals surface area contributed by atoms with Crippen LogP contribution in [0.2, 0.25) is 0 Å². The molecular formula is C16H26F3NO2. The van der Waals surface area contributed by atoms with Crippen molar-refractivity contribution in [3.63, 3.8) is 0 Å².